The molecule has 0 unspecified atom stereocenters. The van der Waals surface area contributed by atoms with E-state index in [0.717, 1.165) is 31.5 Å². The van der Waals surface area contributed by atoms with Gasteiger partial charge in [0.1, 0.15) is 0 Å². The van der Waals surface area contributed by atoms with Crippen LogP contribution in [0.4, 0.5) is 0 Å². The van der Waals surface area contributed by atoms with Crippen LogP contribution in [-0.2, 0) is 11.2 Å². The smallest absolute Gasteiger partial charge is 0.224 e. The normalized spacial score (nSPS) is 19.2. The number of hydrogen-bond donors (Lipinski definition) is 2. The van der Waals surface area contributed by atoms with Crippen molar-refractivity contribution in [3.05, 3.63) is 35.9 Å². The predicted molar refractivity (Wildman–Crippen MR) is 71.4 cm³/mol. The van der Waals surface area contributed by atoms with Crippen LogP contribution in [0.2, 0.25) is 0 Å². The lowest BCUT2D eigenvalue weighted by Gasteiger charge is -2.23. The zero-order chi connectivity index (χ0) is 11.2. The third kappa shape index (κ3) is 4.75. The maximum atomic E-state index is 11.7. The van der Waals surface area contributed by atoms with Gasteiger partial charge in [-0.15, -0.1) is 12.4 Å². The number of amides is 1. The molecule has 1 atom stereocenters. The molecule has 1 fully saturated rings. The zero-order valence-electron chi connectivity index (χ0n) is 9.82. The second-order valence-corrected chi connectivity index (χ2v) is 4.27. The van der Waals surface area contributed by atoms with Crippen LogP contribution < -0.4 is 10.6 Å². The van der Waals surface area contributed by atoms with Crippen molar-refractivity contribution in [3.8, 4) is 0 Å². The topological polar surface area (TPSA) is 41.1 Å². The van der Waals surface area contributed by atoms with Crippen LogP contribution in [-0.4, -0.2) is 25.0 Å². The number of nitrogens with one attached hydrogen (secondary N) is 2. The molecule has 17 heavy (non-hydrogen) atoms. The van der Waals surface area contributed by atoms with Gasteiger partial charge in [0, 0.05) is 12.6 Å². The Bertz CT molecular complexity index is 337. The van der Waals surface area contributed by atoms with E-state index in [4.69, 9.17) is 0 Å². The van der Waals surface area contributed by atoms with Crippen molar-refractivity contribution >= 4 is 18.3 Å². The largest absolute Gasteiger partial charge is 0.352 e. The van der Waals surface area contributed by atoms with E-state index in [1.807, 2.05) is 30.3 Å². The van der Waals surface area contributed by atoms with E-state index in [1.54, 1.807) is 0 Å². The summed E-state index contributed by atoms with van der Waals surface area (Å²) in [5.74, 6) is 0.125. The minimum absolute atomic E-state index is 0. The van der Waals surface area contributed by atoms with Gasteiger partial charge in [-0.25, -0.2) is 0 Å². The summed E-state index contributed by atoms with van der Waals surface area (Å²) in [5, 5.41) is 6.36. The Hall–Kier alpha value is -1.06. The molecule has 1 saturated heterocycles. The van der Waals surface area contributed by atoms with Gasteiger partial charge in [0.05, 0.1) is 6.42 Å². The Morgan fingerprint density at radius 3 is 2.76 bits per heavy atom. The molecule has 94 valence electrons. The summed E-state index contributed by atoms with van der Waals surface area (Å²) in [7, 11) is 0. The Balaban J connectivity index is 0.00000144. The Kier molecular flexibility index (Phi) is 6.01. The summed E-state index contributed by atoms with van der Waals surface area (Å²) in [6, 6.07) is 10.2. The monoisotopic (exact) mass is 254 g/mol. The van der Waals surface area contributed by atoms with E-state index in [0.29, 0.717) is 12.5 Å². The standard InChI is InChI=1S/C13H18N2O.ClH/c16-13(9-11-5-2-1-3-6-11)15-12-7-4-8-14-10-12;/h1-3,5-6,12,14H,4,7-10H2,(H,15,16);1H/t12-;/m1./s1. The lowest BCUT2D eigenvalue weighted by Crippen LogP contribution is -2.46. The van der Waals surface area contributed by atoms with Gasteiger partial charge in [-0.1, -0.05) is 30.3 Å². The summed E-state index contributed by atoms with van der Waals surface area (Å²) in [6.45, 7) is 1.98. The number of benzene rings is 1. The second-order valence-electron chi connectivity index (χ2n) is 4.27. The lowest BCUT2D eigenvalue weighted by molar-refractivity contribution is -0.121. The molecule has 4 heteroatoms. The van der Waals surface area contributed by atoms with E-state index >= 15 is 0 Å². The van der Waals surface area contributed by atoms with Crippen LogP contribution in [0.1, 0.15) is 18.4 Å². The molecule has 1 aromatic carbocycles. The van der Waals surface area contributed by atoms with E-state index < -0.39 is 0 Å². The van der Waals surface area contributed by atoms with Crippen molar-refractivity contribution in [2.24, 2.45) is 0 Å². The number of rotatable bonds is 3. The fourth-order valence-electron chi connectivity index (χ4n) is 2.03. The van der Waals surface area contributed by atoms with E-state index in [-0.39, 0.29) is 18.3 Å². The van der Waals surface area contributed by atoms with Crippen molar-refractivity contribution in [1.29, 1.82) is 0 Å². The Morgan fingerprint density at radius 1 is 1.35 bits per heavy atom. The van der Waals surface area contributed by atoms with Gasteiger partial charge >= 0.3 is 0 Å². The highest BCUT2D eigenvalue weighted by Crippen LogP contribution is 2.03. The number of hydrogen-bond acceptors (Lipinski definition) is 2. The van der Waals surface area contributed by atoms with Gasteiger partial charge in [0.15, 0.2) is 0 Å². The maximum absolute atomic E-state index is 11.7. The van der Waals surface area contributed by atoms with Crippen molar-refractivity contribution in [3.63, 3.8) is 0 Å². The van der Waals surface area contributed by atoms with Gasteiger partial charge < -0.3 is 10.6 Å². The van der Waals surface area contributed by atoms with Crippen LogP contribution in [0, 0.1) is 0 Å². The van der Waals surface area contributed by atoms with Crippen LogP contribution in [0.15, 0.2) is 30.3 Å². The molecule has 1 aliphatic heterocycles. The third-order valence-electron chi connectivity index (χ3n) is 2.87. The maximum Gasteiger partial charge on any atom is 0.224 e. The molecular weight excluding hydrogens is 236 g/mol. The first kappa shape index (κ1) is 14.0. The Labute approximate surface area is 108 Å². The van der Waals surface area contributed by atoms with Crippen molar-refractivity contribution in [2.75, 3.05) is 13.1 Å². The molecule has 1 aliphatic rings. The Morgan fingerprint density at radius 2 is 2.12 bits per heavy atom. The first-order chi connectivity index (χ1) is 7.84. The zero-order valence-corrected chi connectivity index (χ0v) is 10.6. The first-order valence-electron chi connectivity index (χ1n) is 5.88. The average Bonchev–Trinajstić information content (AvgIpc) is 2.31. The minimum atomic E-state index is 0. The van der Waals surface area contributed by atoms with Crippen molar-refractivity contribution < 1.29 is 4.79 Å². The highest BCUT2D eigenvalue weighted by atomic mass is 35.5. The van der Waals surface area contributed by atoms with Gasteiger partial charge in [0.25, 0.3) is 0 Å². The minimum Gasteiger partial charge on any atom is -0.352 e. The van der Waals surface area contributed by atoms with Crippen molar-refractivity contribution in [1.82, 2.24) is 10.6 Å². The average molecular weight is 255 g/mol. The fourth-order valence-corrected chi connectivity index (χ4v) is 2.03. The molecule has 2 N–H and O–H groups in total. The molecule has 0 radical (unpaired) electrons. The number of halogens is 1. The van der Waals surface area contributed by atoms with Gasteiger partial charge in [-0.3, -0.25) is 4.79 Å². The van der Waals surface area contributed by atoms with Crippen LogP contribution in [0.25, 0.3) is 0 Å². The summed E-state index contributed by atoms with van der Waals surface area (Å²) in [4.78, 5) is 11.7. The summed E-state index contributed by atoms with van der Waals surface area (Å²) in [6.07, 6.45) is 2.72. The van der Waals surface area contributed by atoms with Gasteiger partial charge in [-0.05, 0) is 24.9 Å². The first-order valence-corrected chi connectivity index (χ1v) is 5.88. The number of carbonyl (C=O) groups is 1. The van der Waals surface area contributed by atoms with Gasteiger partial charge in [-0.2, -0.15) is 0 Å². The van der Waals surface area contributed by atoms with Crippen LogP contribution in [0.5, 0.6) is 0 Å². The third-order valence-corrected chi connectivity index (χ3v) is 2.87. The van der Waals surface area contributed by atoms with Crippen LogP contribution in [0.3, 0.4) is 0 Å². The molecule has 0 saturated carbocycles. The van der Waals surface area contributed by atoms with E-state index in [2.05, 4.69) is 10.6 Å². The van der Waals surface area contributed by atoms with E-state index in [1.165, 1.54) is 0 Å². The SMILES string of the molecule is Cl.O=C(Cc1ccccc1)N[C@@H]1CCCNC1. The van der Waals surface area contributed by atoms with Crippen molar-refractivity contribution in [2.45, 2.75) is 25.3 Å². The molecule has 0 spiro atoms. The highest BCUT2D eigenvalue weighted by Gasteiger charge is 2.14. The summed E-state index contributed by atoms with van der Waals surface area (Å²) < 4.78 is 0. The molecule has 0 aliphatic carbocycles. The predicted octanol–water partition coefficient (Wildman–Crippen LogP) is 1.52. The molecule has 1 amide bonds. The van der Waals surface area contributed by atoms with Gasteiger partial charge in [0.2, 0.25) is 5.91 Å². The number of piperidine rings is 1. The molecule has 1 heterocycles. The fraction of sp³-hybridized carbons (Fsp3) is 0.462. The van der Waals surface area contributed by atoms with E-state index in [9.17, 15) is 4.79 Å². The lowest BCUT2D eigenvalue weighted by atomic mass is 10.1. The molecule has 1 aromatic rings. The van der Waals surface area contributed by atoms with Crippen LogP contribution >= 0.6 is 12.4 Å². The molecular formula is C13H19ClN2O. The second kappa shape index (κ2) is 7.30. The number of carbonyl (C=O) groups excluding carboxylic acids is 1. The highest BCUT2D eigenvalue weighted by molar-refractivity contribution is 5.85. The summed E-state index contributed by atoms with van der Waals surface area (Å²) >= 11 is 0. The molecule has 0 bridgehead atoms. The summed E-state index contributed by atoms with van der Waals surface area (Å²) in [5.41, 5.74) is 1.07. The quantitative estimate of drug-likeness (QED) is 0.859. The molecule has 2 rings (SSSR count). The molecule has 0 aromatic heterocycles. The molecule has 3 nitrogen and oxygen atoms in total.